The van der Waals surface area contributed by atoms with E-state index in [1.807, 2.05) is 0 Å². The second-order valence-electron chi connectivity index (χ2n) is 6.52. The van der Waals surface area contributed by atoms with Crippen molar-refractivity contribution in [2.45, 2.75) is 52.6 Å². The fourth-order valence-electron chi connectivity index (χ4n) is 2.63. The molecule has 17 heavy (non-hydrogen) atoms. The molecule has 0 rings (SSSR count). The Hall–Kier alpha value is -0.120. The third-order valence-corrected chi connectivity index (χ3v) is 3.36. The quantitative estimate of drug-likeness (QED) is 0.742. The fourth-order valence-corrected chi connectivity index (χ4v) is 2.63. The molecule has 0 aromatic carbocycles. The third kappa shape index (κ3) is 6.39. The van der Waals surface area contributed by atoms with Crippen LogP contribution in [0.15, 0.2) is 0 Å². The molecule has 2 unspecified atom stereocenters. The van der Waals surface area contributed by atoms with E-state index < -0.39 is 0 Å². The first-order chi connectivity index (χ1) is 7.70. The SMILES string of the molecule is CCC(N)C(N(C)CCCN(C)C)C(C)(C)C. The van der Waals surface area contributed by atoms with E-state index in [4.69, 9.17) is 5.73 Å². The van der Waals surface area contributed by atoms with Crippen LogP contribution in [0.5, 0.6) is 0 Å². The standard InChI is InChI=1S/C14H33N3/c1-8-12(15)13(14(2,3)4)17(7)11-9-10-16(5)6/h12-13H,8-11,15H2,1-7H3. The highest BCUT2D eigenvalue weighted by Gasteiger charge is 2.32. The lowest BCUT2D eigenvalue weighted by Gasteiger charge is -2.41. The summed E-state index contributed by atoms with van der Waals surface area (Å²) in [6.07, 6.45) is 2.24. The zero-order valence-corrected chi connectivity index (χ0v) is 13.0. The van der Waals surface area contributed by atoms with E-state index in [1.165, 1.54) is 6.42 Å². The Morgan fingerprint density at radius 2 is 1.59 bits per heavy atom. The maximum absolute atomic E-state index is 6.28. The van der Waals surface area contributed by atoms with Gasteiger partial charge in [-0.1, -0.05) is 27.7 Å². The maximum atomic E-state index is 6.28. The topological polar surface area (TPSA) is 32.5 Å². The number of rotatable bonds is 7. The van der Waals surface area contributed by atoms with Gasteiger partial charge in [-0.15, -0.1) is 0 Å². The van der Waals surface area contributed by atoms with Gasteiger partial charge in [0.2, 0.25) is 0 Å². The number of nitrogens with zero attached hydrogens (tertiary/aromatic N) is 2. The molecule has 3 nitrogen and oxygen atoms in total. The predicted molar refractivity (Wildman–Crippen MR) is 77.3 cm³/mol. The molecule has 0 saturated heterocycles. The summed E-state index contributed by atoms with van der Waals surface area (Å²) in [5, 5.41) is 0. The van der Waals surface area contributed by atoms with Gasteiger partial charge in [-0.05, 0) is 52.5 Å². The van der Waals surface area contributed by atoms with Gasteiger partial charge < -0.3 is 15.5 Å². The molecular formula is C14H33N3. The van der Waals surface area contributed by atoms with Crippen LogP contribution < -0.4 is 5.73 Å². The average Bonchev–Trinajstić information content (AvgIpc) is 2.14. The van der Waals surface area contributed by atoms with Gasteiger partial charge in [-0.3, -0.25) is 0 Å². The lowest BCUT2D eigenvalue weighted by molar-refractivity contribution is 0.0968. The summed E-state index contributed by atoms with van der Waals surface area (Å²) in [6, 6.07) is 0.717. The molecule has 0 aliphatic rings. The van der Waals surface area contributed by atoms with E-state index in [2.05, 4.69) is 58.6 Å². The van der Waals surface area contributed by atoms with Crippen LogP contribution in [0.2, 0.25) is 0 Å². The third-order valence-electron chi connectivity index (χ3n) is 3.36. The summed E-state index contributed by atoms with van der Waals surface area (Å²) >= 11 is 0. The van der Waals surface area contributed by atoms with Crippen LogP contribution in [0.4, 0.5) is 0 Å². The summed E-state index contributed by atoms with van der Waals surface area (Å²) in [5.74, 6) is 0. The van der Waals surface area contributed by atoms with Crippen molar-refractivity contribution >= 4 is 0 Å². The van der Waals surface area contributed by atoms with E-state index in [0.717, 1.165) is 19.5 Å². The smallest absolute Gasteiger partial charge is 0.0292 e. The molecule has 0 amide bonds. The monoisotopic (exact) mass is 243 g/mol. The van der Waals surface area contributed by atoms with Gasteiger partial charge in [0, 0.05) is 12.1 Å². The van der Waals surface area contributed by atoms with Crippen LogP contribution in [-0.4, -0.2) is 56.1 Å². The lowest BCUT2D eigenvalue weighted by atomic mass is 9.80. The summed E-state index contributed by atoms with van der Waals surface area (Å²) < 4.78 is 0. The number of nitrogens with two attached hydrogens (primary N) is 1. The number of likely N-dealkylation sites (N-methyl/N-ethyl adjacent to an activating group) is 1. The van der Waals surface area contributed by atoms with Crippen LogP contribution in [0.3, 0.4) is 0 Å². The fraction of sp³-hybridized carbons (Fsp3) is 1.00. The van der Waals surface area contributed by atoms with Crippen molar-refractivity contribution in [1.82, 2.24) is 9.80 Å². The van der Waals surface area contributed by atoms with Crippen LogP contribution in [0.25, 0.3) is 0 Å². The van der Waals surface area contributed by atoms with Gasteiger partial charge in [0.05, 0.1) is 0 Å². The number of hydrogen-bond donors (Lipinski definition) is 1. The highest BCUT2D eigenvalue weighted by Crippen LogP contribution is 2.26. The average molecular weight is 243 g/mol. The largest absolute Gasteiger partial charge is 0.326 e. The first kappa shape index (κ1) is 16.9. The van der Waals surface area contributed by atoms with Gasteiger partial charge >= 0.3 is 0 Å². The predicted octanol–water partition coefficient (Wildman–Crippen LogP) is 2.02. The Morgan fingerprint density at radius 1 is 1.06 bits per heavy atom. The minimum Gasteiger partial charge on any atom is -0.326 e. The molecule has 2 atom stereocenters. The van der Waals surface area contributed by atoms with Gasteiger partial charge in [0.1, 0.15) is 0 Å². The second kappa shape index (κ2) is 7.34. The molecule has 0 fully saturated rings. The summed E-state index contributed by atoms with van der Waals surface area (Å²) in [7, 11) is 6.46. The van der Waals surface area contributed by atoms with E-state index in [1.54, 1.807) is 0 Å². The maximum Gasteiger partial charge on any atom is 0.0292 e. The molecule has 0 aromatic heterocycles. The highest BCUT2D eigenvalue weighted by molar-refractivity contribution is 4.89. The normalized spacial score (nSPS) is 16.6. The molecule has 104 valence electrons. The van der Waals surface area contributed by atoms with Crippen molar-refractivity contribution in [2.24, 2.45) is 11.1 Å². The Labute approximate surface area is 108 Å². The Kier molecular flexibility index (Phi) is 7.29. The molecule has 0 aliphatic carbocycles. The molecule has 0 spiro atoms. The number of hydrogen-bond acceptors (Lipinski definition) is 3. The Balaban J connectivity index is 4.39. The molecule has 0 aromatic rings. The molecule has 0 radical (unpaired) electrons. The summed E-state index contributed by atoms with van der Waals surface area (Å²) in [4.78, 5) is 4.68. The van der Waals surface area contributed by atoms with Crippen LogP contribution in [-0.2, 0) is 0 Å². The first-order valence-corrected chi connectivity index (χ1v) is 6.80. The van der Waals surface area contributed by atoms with Crippen molar-refractivity contribution in [1.29, 1.82) is 0 Å². The molecule has 0 bridgehead atoms. The van der Waals surface area contributed by atoms with Crippen molar-refractivity contribution in [3.05, 3.63) is 0 Å². The van der Waals surface area contributed by atoms with E-state index >= 15 is 0 Å². The minimum atomic E-state index is 0.238. The summed E-state index contributed by atoms with van der Waals surface area (Å²) in [6.45, 7) is 11.3. The van der Waals surface area contributed by atoms with E-state index in [-0.39, 0.29) is 11.5 Å². The van der Waals surface area contributed by atoms with E-state index in [9.17, 15) is 0 Å². The summed E-state index contributed by atoms with van der Waals surface area (Å²) in [5.41, 5.74) is 6.52. The van der Waals surface area contributed by atoms with E-state index in [0.29, 0.717) is 6.04 Å². The zero-order valence-electron chi connectivity index (χ0n) is 13.0. The molecule has 3 heteroatoms. The Bertz CT molecular complexity index is 196. The zero-order chi connectivity index (χ0) is 13.6. The molecule has 0 aliphatic heterocycles. The van der Waals surface area contributed by atoms with Gasteiger partial charge in [-0.2, -0.15) is 0 Å². The van der Waals surface area contributed by atoms with Gasteiger partial charge in [0.25, 0.3) is 0 Å². The molecule has 0 saturated carbocycles. The minimum absolute atomic E-state index is 0.238. The second-order valence-corrected chi connectivity index (χ2v) is 6.52. The van der Waals surface area contributed by atoms with Crippen LogP contribution >= 0.6 is 0 Å². The molecule has 0 heterocycles. The highest BCUT2D eigenvalue weighted by atomic mass is 15.2. The van der Waals surface area contributed by atoms with Crippen molar-refractivity contribution < 1.29 is 0 Å². The van der Waals surface area contributed by atoms with Crippen LogP contribution in [0.1, 0.15) is 40.5 Å². The van der Waals surface area contributed by atoms with Gasteiger partial charge in [-0.25, -0.2) is 0 Å². The van der Waals surface area contributed by atoms with Crippen molar-refractivity contribution in [2.75, 3.05) is 34.2 Å². The van der Waals surface area contributed by atoms with Crippen molar-refractivity contribution in [3.63, 3.8) is 0 Å². The molecular weight excluding hydrogens is 210 g/mol. The lowest BCUT2D eigenvalue weighted by Crippen LogP contribution is -2.53. The molecule has 2 N–H and O–H groups in total. The Morgan fingerprint density at radius 3 is 1.94 bits per heavy atom. The van der Waals surface area contributed by atoms with Crippen molar-refractivity contribution in [3.8, 4) is 0 Å². The van der Waals surface area contributed by atoms with Crippen LogP contribution in [0, 0.1) is 5.41 Å². The first-order valence-electron chi connectivity index (χ1n) is 6.80. The van der Waals surface area contributed by atoms with Gasteiger partial charge in [0.15, 0.2) is 0 Å².